The molecule has 10 heteroatoms. The van der Waals surface area contributed by atoms with Crippen molar-refractivity contribution in [1.82, 2.24) is 24.2 Å². The second kappa shape index (κ2) is 21.8. The number of rotatable bonds is 15. The van der Waals surface area contributed by atoms with Crippen LogP contribution >= 0.6 is 0 Å². The molecule has 3 atom stereocenters. The summed E-state index contributed by atoms with van der Waals surface area (Å²) < 4.78 is 17.0. The Morgan fingerprint density at radius 1 is 1.06 bits per heavy atom. The molecule has 9 rings (SSSR count). The number of ether oxygens (including phenoxy) is 2. The number of pyridine rings is 1. The van der Waals surface area contributed by atoms with Gasteiger partial charge in [-0.2, -0.15) is 5.10 Å². The van der Waals surface area contributed by atoms with Crippen LogP contribution < -0.4 is 9.47 Å². The second-order valence-corrected chi connectivity index (χ2v) is 18.0. The summed E-state index contributed by atoms with van der Waals surface area (Å²) >= 11 is 0. The molecular formula is C59H56N6O4. The molecule has 0 N–H and O–H groups in total. The minimum Gasteiger partial charge on any atom is -0.461 e. The zero-order chi connectivity index (χ0) is 47.5. The average Bonchev–Trinajstić information content (AvgIpc) is 4.13. The molecule has 5 heterocycles. The number of carbonyl (C=O) groups excluding carboxylic acids is 2. The lowest BCUT2D eigenvalue weighted by atomic mass is 9.79. The van der Waals surface area contributed by atoms with Crippen LogP contribution in [-0.2, 0) is 22.7 Å². The van der Waals surface area contributed by atoms with Crippen LogP contribution in [0.3, 0.4) is 0 Å². The predicted molar refractivity (Wildman–Crippen MR) is 274 cm³/mol. The summed E-state index contributed by atoms with van der Waals surface area (Å²) in [6.45, 7) is 8.41. The van der Waals surface area contributed by atoms with Crippen molar-refractivity contribution in [1.29, 1.82) is 0 Å². The lowest BCUT2D eigenvalue weighted by molar-refractivity contribution is -0.127. The molecular weight excluding hydrogens is 857 g/mol. The molecule has 1 amide bonds. The summed E-state index contributed by atoms with van der Waals surface area (Å²) in [5.74, 6) is 6.06. The lowest BCUT2D eigenvalue weighted by Gasteiger charge is -2.32. The maximum Gasteiger partial charge on any atom is 0.245 e. The molecule has 2 aliphatic heterocycles. The SMILES string of the molecule is C#C/C=C(\C=C(/C)Oc1ccccc1/C=C/C(=O)/C=C1/CCC(C2C=CC3=C=CCC=NC(Oc4cnn(Cc5ccccc5)c4)=C3C2)C1)c1ccnc2ccn(CC3CCCN(C(=O)C=C)C3)c12. The number of aliphatic imine (C=N–C) groups is 1. The molecule has 2 aliphatic carbocycles. The molecule has 0 spiro atoms. The topological polar surface area (TPSA) is 104 Å². The Kier molecular flexibility index (Phi) is 14.5. The molecule has 1 saturated heterocycles. The van der Waals surface area contributed by atoms with Gasteiger partial charge in [0.05, 0.1) is 30.0 Å². The molecule has 346 valence electrons. The molecule has 4 aliphatic rings. The zero-order valence-corrected chi connectivity index (χ0v) is 39.0. The molecule has 2 fully saturated rings. The number of likely N-dealkylation sites (tertiary alicyclic amines) is 1. The van der Waals surface area contributed by atoms with Gasteiger partial charge in [-0.1, -0.05) is 78.8 Å². The van der Waals surface area contributed by atoms with E-state index in [1.54, 1.807) is 30.6 Å². The summed E-state index contributed by atoms with van der Waals surface area (Å²) in [6.07, 6.45) is 38.2. The molecule has 0 radical (unpaired) electrons. The van der Waals surface area contributed by atoms with Crippen LogP contribution in [-0.4, -0.2) is 55.2 Å². The van der Waals surface area contributed by atoms with Crippen LogP contribution in [0.1, 0.15) is 68.6 Å². The van der Waals surface area contributed by atoms with Crippen molar-refractivity contribution in [2.45, 2.75) is 65.0 Å². The summed E-state index contributed by atoms with van der Waals surface area (Å²) in [4.78, 5) is 37.2. The molecule has 69 heavy (non-hydrogen) atoms. The van der Waals surface area contributed by atoms with Crippen LogP contribution in [0.5, 0.6) is 11.5 Å². The first-order valence-corrected chi connectivity index (χ1v) is 23.8. The summed E-state index contributed by atoms with van der Waals surface area (Å²) in [7, 11) is 0. The van der Waals surface area contributed by atoms with Gasteiger partial charge in [0.25, 0.3) is 0 Å². The van der Waals surface area contributed by atoms with E-state index in [1.807, 2.05) is 102 Å². The van der Waals surface area contributed by atoms with Crippen molar-refractivity contribution in [2.75, 3.05) is 13.1 Å². The molecule has 5 aromatic rings. The molecule has 0 bridgehead atoms. The normalized spacial score (nSPS) is 20.2. The first-order chi connectivity index (χ1) is 33.8. The molecule has 3 aromatic heterocycles. The van der Waals surface area contributed by atoms with Gasteiger partial charge in [-0.05, 0) is 135 Å². The third-order valence-corrected chi connectivity index (χ3v) is 13.2. The quantitative estimate of drug-likeness (QED) is 0.0341. The summed E-state index contributed by atoms with van der Waals surface area (Å²) in [6, 6.07) is 21.9. The fourth-order valence-corrected chi connectivity index (χ4v) is 9.87. The van der Waals surface area contributed by atoms with Gasteiger partial charge in [0.15, 0.2) is 11.5 Å². The van der Waals surface area contributed by atoms with Gasteiger partial charge in [0.1, 0.15) is 11.5 Å². The van der Waals surface area contributed by atoms with Gasteiger partial charge in [-0.15, -0.1) is 12.2 Å². The van der Waals surface area contributed by atoms with Crippen molar-refractivity contribution in [2.24, 2.45) is 22.7 Å². The number of para-hydroxylation sites is 1. The first kappa shape index (κ1) is 46.1. The average molecular weight is 913 g/mol. The van der Waals surface area contributed by atoms with Gasteiger partial charge in [-0.3, -0.25) is 19.3 Å². The summed E-state index contributed by atoms with van der Waals surface area (Å²) in [5.41, 5.74) is 12.2. The highest BCUT2D eigenvalue weighted by molar-refractivity contribution is 6.02. The predicted octanol–water partition coefficient (Wildman–Crippen LogP) is 11.4. The number of carbonyl (C=O) groups is 2. The van der Waals surface area contributed by atoms with Gasteiger partial charge in [0, 0.05) is 66.9 Å². The third-order valence-electron chi connectivity index (χ3n) is 13.2. The Morgan fingerprint density at radius 3 is 2.80 bits per heavy atom. The minimum absolute atomic E-state index is 0.0251. The highest BCUT2D eigenvalue weighted by atomic mass is 16.5. The number of amides is 1. The van der Waals surface area contributed by atoms with Gasteiger partial charge >= 0.3 is 0 Å². The Balaban J connectivity index is 0.850. The van der Waals surface area contributed by atoms with Crippen LogP contribution in [0.2, 0.25) is 0 Å². The van der Waals surface area contributed by atoms with Crippen molar-refractivity contribution in [3.8, 4) is 23.8 Å². The number of aromatic nitrogens is 4. The molecule has 2 aromatic carbocycles. The van der Waals surface area contributed by atoms with E-state index in [0.29, 0.717) is 54.5 Å². The Labute approximate surface area is 404 Å². The van der Waals surface area contributed by atoms with Crippen LogP contribution in [0.25, 0.3) is 22.7 Å². The van der Waals surface area contributed by atoms with E-state index in [2.05, 4.69) is 63.4 Å². The standard InChI is InChI=1S/C59H56N6O4/c1-4-14-50(53-27-30-60-55-28-32-64(58(53)55)39-45-17-13-31-63(38-45)57(67)5-2)33-42(3)68-56-20-10-9-19-47(56)25-26-51(66)35-44-21-22-48(34-44)49-24-23-46-18-11-12-29-61-59(54(46)36-49)69-52-37-62-65(41-52)40-43-15-7-6-8-16-43/h1,5-11,14-16,19-20,23-30,32-33,35,37,41,45,48-49H,2,12-13,17,21-22,31,34,36,38-40H2,3H3/b26-25+,42-33+,44-35-,50-14+,59-54?,61-29?. The van der Waals surface area contributed by atoms with E-state index in [9.17, 15) is 9.59 Å². The van der Waals surface area contributed by atoms with Crippen molar-refractivity contribution >= 4 is 40.6 Å². The number of hydrogen-bond donors (Lipinski definition) is 0. The van der Waals surface area contributed by atoms with Crippen molar-refractivity contribution in [3.05, 3.63) is 197 Å². The monoisotopic (exact) mass is 912 g/mol. The Hall–Kier alpha value is -7.99. The largest absolute Gasteiger partial charge is 0.461 e. The summed E-state index contributed by atoms with van der Waals surface area (Å²) in [5, 5.41) is 4.54. The number of nitrogens with zero attached hydrogens (tertiary/aromatic N) is 6. The smallest absolute Gasteiger partial charge is 0.245 e. The van der Waals surface area contributed by atoms with Crippen LogP contribution in [0.4, 0.5) is 0 Å². The number of ketones is 1. The van der Waals surface area contributed by atoms with E-state index in [1.165, 1.54) is 6.08 Å². The lowest BCUT2D eigenvalue weighted by Crippen LogP contribution is -2.40. The second-order valence-electron chi connectivity index (χ2n) is 18.0. The number of fused-ring (bicyclic) bond motifs is 2. The molecule has 1 saturated carbocycles. The minimum atomic E-state index is -0.0555. The zero-order valence-electron chi connectivity index (χ0n) is 39.0. The number of benzene rings is 2. The van der Waals surface area contributed by atoms with E-state index in [-0.39, 0.29) is 17.6 Å². The number of piperidine rings is 1. The maximum absolute atomic E-state index is 13.5. The van der Waals surface area contributed by atoms with E-state index in [4.69, 9.17) is 20.9 Å². The van der Waals surface area contributed by atoms with Crippen molar-refractivity contribution in [3.63, 3.8) is 0 Å². The third kappa shape index (κ3) is 11.4. The highest BCUT2D eigenvalue weighted by Gasteiger charge is 2.31. The van der Waals surface area contributed by atoms with Crippen molar-refractivity contribution < 1.29 is 19.1 Å². The number of allylic oxidation sites excluding steroid dienone is 11. The van der Waals surface area contributed by atoms with E-state index in [0.717, 1.165) is 102 Å². The fourth-order valence-electron chi connectivity index (χ4n) is 9.87. The van der Waals surface area contributed by atoms with Gasteiger partial charge < -0.3 is 18.9 Å². The first-order valence-electron chi connectivity index (χ1n) is 23.8. The molecule has 10 nitrogen and oxygen atoms in total. The van der Waals surface area contributed by atoms with Gasteiger partial charge in [0.2, 0.25) is 11.8 Å². The molecule has 3 unspecified atom stereocenters. The highest BCUT2D eigenvalue weighted by Crippen LogP contribution is 2.43. The van der Waals surface area contributed by atoms with Crippen LogP contribution in [0.15, 0.2) is 186 Å². The number of hydrogen-bond acceptors (Lipinski definition) is 7. The Morgan fingerprint density at radius 2 is 1.93 bits per heavy atom. The maximum atomic E-state index is 13.5. The van der Waals surface area contributed by atoms with E-state index >= 15 is 0 Å². The van der Waals surface area contributed by atoms with E-state index < -0.39 is 0 Å². The fraction of sp³-hybridized carbons (Fsp3) is 0.254. The Bertz CT molecular complexity index is 3080. The number of terminal acetylenes is 1. The van der Waals surface area contributed by atoms with Crippen LogP contribution in [0, 0.1) is 30.1 Å². The van der Waals surface area contributed by atoms with Gasteiger partial charge in [-0.25, -0.2) is 4.99 Å².